The van der Waals surface area contributed by atoms with Crippen molar-refractivity contribution in [1.29, 1.82) is 0 Å². The van der Waals surface area contributed by atoms with Crippen molar-refractivity contribution in [2.45, 2.75) is 78.6 Å². The van der Waals surface area contributed by atoms with E-state index in [1.165, 1.54) is 11.8 Å². The van der Waals surface area contributed by atoms with Gasteiger partial charge in [0.05, 0.1) is 19.8 Å². The SMILES string of the molecule is O=c1[nH]c(=O)n([C@@H]2O[C@H](COP(=O)(O)OP(=O)(O)O[C@H]3O[C@H](CO)[C@H](O)[C@H](O)[C@H]3O)[C@@H](O)[C@H]2O)cc1C1CCC(CO)S1. The van der Waals surface area contributed by atoms with Gasteiger partial charge in [0.2, 0.25) is 0 Å². The fourth-order valence-corrected chi connectivity index (χ4v) is 8.28. The van der Waals surface area contributed by atoms with E-state index in [1.807, 2.05) is 0 Å². The maximum absolute atomic E-state index is 12.5. The van der Waals surface area contributed by atoms with E-state index in [0.717, 1.165) is 10.8 Å². The smallest absolute Gasteiger partial charge is 0.395 e. The normalized spacial score (nSPS) is 39.4. The van der Waals surface area contributed by atoms with Crippen LogP contribution in [-0.4, -0.2) is 129 Å². The molecule has 23 heteroatoms. The van der Waals surface area contributed by atoms with Gasteiger partial charge in [0.25, 0.3) is 5.56 Å². The lowest BCUT2D eigenvalue weighted by Gasteiger charge is -2.39. The van der Waals surface area contributed by atoms with Gasteiger partial charge in [-0.25, -0.2) is 13.9 Å². The van der Waals surface area contributed by atoms with Crippen LogP contribution in [0.2, 0.25) is 0 Å². The predicted molar refractivity (Wildman–Crippen MR) is 139 cm³/mol. The van der Waals surface area contributed by atoms with Gasteiger partial charge in [-0.15, -0.1) is 11.8 Å². The quantitative estimate of drug-likeness (QED) is 0.0998. The van der Waals surface area contributed by atoms with Crippen molar-refractivity contribution < 1.29 is 77.5 Å². The first-order valence-electron chi connectivity index (χ1n) is 12.7. The van der Waals surface area contributed by atoms with Crippen LogP contribution in [0.1, 0.15) is 29.9 Å². The summed E-state index contributed by atoms with van der Waals surface area (Å²) < 4.78 is 49.0. The minimum absolute atomic E-state index is 0.110. The predicted octanol–water partition coefficient (Wildman–Crippen LogP) is -3.86. The molecule has 3 aliphatic heterocycles. The summed E-state index contributed by atoms with van der Waals surface area (Å²) in [5, 5.41) is 68.5. The van der Waals surface area contributed by atoms with Gasteiger partial charge >= 0.3 is 21.3 Å². The molecule has 0 amide bonds. The Morgan fingerprint density at radius 3 is 2.21 bits per heavy atom. The number of aliphatic hydroxyl groups is 7. The molecule has 13 atom stereocenters. The number of thioether (sulfide) groups is 1. The highest BCUT2D eigenvalue weighted by Gasteiger charge is 2.49. The van der Waals surface area contributed by atoms with Gasteiger partial charge in [-0.1, -0.05) is 0 Å². The van der Waals surface area contributed by atoms with Crippen molar-refractivity contribution in [2.75, 3.05) is 19.8 Å². The Morgan fingerprint density at radius 1 is 0.907 bits per heavy atom. The molecule has 43 heavy (non-hydrogen) atoms. The zero-order valence-electron chi connectivity index (χ0n) is 21.9. The Bertz CT molecular complexity index is 1340. The number of ether oxygens (including phenoxy) is 2. The van der Waals surface area contributed by atoms with Gasteiger partial charge in [0.1, 0.15) is 42.7 Å². The zero-order valence-corrected chi connectivity index (χ0v) is 24.5. The molecule has 0 spiro atoms. The molecule has 0 radical (unpaired) electrons. The molecule has 4 rings (SSSR count). The van der Waals surface area contributed by atoms with E-state index in [9.17, 15) is 64.3 Å². The lowest BCUT2D eigenvalue weighted by molar-refractivity contribution is -0.280. The molecule has 3 saturated heterocycles. The summed E-state index contributed by atoms with van der Waals surface area (Å²) in [6, 6.07) is 0. The van der Waals surface area contributed by atoms with Crippen molar-refractivity contribution >= 4 is 27.4 Å². The van der Waals surface area contributed by atoms with E-state index in [-0.39, 0.29) is 22.7 Å². The molecule has 0 aromatic carbocycles. The van der Waals surface area contributed by atoms with Gasteiger partial charge < -0.3 is 55.0 Å². The van der Waals surface area contributed by atoms with Gasteiger partial charge in [0, 0.05) is 22.3 Å². The second-order valence-corrected chi connectivity index (χ2v) is 14.4. The first-order valence-corrected chi connectivity index (χ1v) is 16.6. The number of hydrogen-bond acceptors (Lipinski definition) is 17. The van der Waals surface area contributed by atoms with Crippen LogP contribution < -0.4 is 11.2 Å². The number of aromatic nitrogens is 2. The van der Waals surface area contributed by atoms with Crippen LogP contribution in [0, 0.1) is 0 Å². The molecule has 4 unspecified atom stereocenters. The number of nitrogens with one attached hydrogen (secondary N) is 1. The van der Waals surface area contributed by atoms with Crippen LogP contribution >= 0.6 is 27.4 Å². The first-order chi connectivity index (χ1) is 20.1. The van der Waals surface area contributed by atoms with E-state index in [4.69, 9.17) is 9.47 Å². The van der Waals surface area contributed by atoms with Crippen molar-refractivity contribution in [3.05, 3.63) is 32.6 Å². The molecule has 246 valence electrons. The third-order valence-corrected chi connectivity index (χ3v) is 11.1. The van der Waals surface area contributed by atoms with Crippen molar-refractivity contribution in [2.24, 2.45) is 0 Å². The number of hydrogen-bond donors (Lipinski definition) is 10. The molecule has 20 nitrogen and oxygen atoms in total. The number of phosphoric ester groups is 2. The van der Waals surface area contributed by atoms with Crippen LogP contribution in [0.5, 0.6) is 0 Å². The summed E-state index contributed by atoms with van der Waals surface area (Å²) >= 11 is 1.32. The third-order valence-electron chi connectivity index (χ3n) is 6.96. The van der Waals surface area contributed by atoms with E-state index < -0.39 is 95.4 Å². The van der Waals surface area contributed by atoms with E-state index in [1.54, 1.807) is 0 Å². The second kappa shape index (κ2) is 13.7. The number of phosphoric acid groups is 2. The van der Waals surface area contributed by atoms with Crippen LogP contribution in [-0.2, 0) is 32.0 Å². The standard InChI is InChI=1S/C20H32N2O18P2S/c23-4-7-1-2-11(43-7)8-3-22(20(31)21-17(8)30)18-15(28)13(26)10(37-18)6-36-41(32,33)40-42(34,35)39-19-16(29)14(27)12(25)9(5-24)38-19/h3,7,9-16,18-19,23-29H,1-2,4-6H2,(H,32,33)(H,34,35)(H,21,30,31)/t7?,9-,10-,11?,12+,13-,14+,15-,16-,18-,19-/m1/s1. The Morgan fingerprint density at radius 2 is 1.58 bits per heavy atom. The largest absolute Gasteiger partial charge is 0.483 e. The fourth-order valence-electron chi connectivity index (χ4n) is 4.71. The van der Waals surface area contributed by atoms with Gasteiger partial charge in [-0.3, -0.25) is 23.4 Å². The lowest BCUT2D eigenvalue weighted by Crippen LogP contribution is -2.58. The molecule has 10 N–H and O–H groups in total. The number of aliphatic hydroxyl groups excluding tert-OH is 7. The zero-order chi connectivity index (χ0) is 31.9. The highest BCUT2D eigenvalue weighted by atomic mass is 32.2. The Balaban J connectivity index is 1.40. The average Bonchev–Trinajstić information content (AvgIpc) is 3.52. The van der Waals surface area contributed by atoms with Crippen LogP contribution in [0.3, 0.4) is 0 Å². The number of aromatic amines is 1. The van der Waals surface area contributed by atoms with Crippen LogP contribution in [0.4, 0.5) is 0 Å². The third kappa shape index (κ3) is 7.84. The van der Waals surface area contributed by atoms with Gasteiger partial charge in [0.15, 0.2) is 12.5 Å². The summed E-state index contributed by atoms with van der Waals surface area (Å²) in [7, 11) is -11.2. The van der Waals surface area contributed by atoms with Gasteiger partial charge in [-0.2, -0.15) is 4.31 Å². The van der Waals surface area contributed by atoms with Crippen LogP contribution in [0.25, 0.3) is 0 Å². The van der Waals surface area contributed by atoms with E-state index in [0.29, 0.717) is 12.8 Å². The molecule has 3 fully saturated rings. The monoisotopic (exact) mass is 682 g/mol. The topological polar surface area (TPSA) is 317 Å². The maximum Gasteiger partial charge on any atom is 0.483 e. The van der Waals surface area contributed by atoms with Crippen molar-refractivity contribution in [1.82, 2.24) is 9.55 Å². The summed E-state index contributed by atoms with van der Waals surface area (Å²) in [6.07, 6.45) is -14.3. The van der Waals surface area contributed by atoms with Crippen LogP contribution in [0.15, 0.2) is 15.8 Å². The first kappa shape index (κ1) is 34.8. The molecule has 3 aliphatic rings. The maximum atomic E-state index is 12.5. The molecular formula is C20H32N2O18P2S. The number of H-pyrrole nitrogens is 1. The lowest BCUT2D eigenvalue weighted by atomic mass is 10.00. The Labute approximate surface area is 245 Å². The fraction of sp³-hybridized carbons (Fsp3) is 0.800. The Kier molecular flexibility index (Phi) is 11.1. The molecule has 1 aromatic rings. The summed E-state index contributed by atoms with van der Waals surface area (Å²) in [4.78, 5) is 46.9. The number of rotatable bonds is 11. The molecule has 0 bridgehead atoms. The highest BCUT2D eigenvalue weighted by molar-refractivity contribution is 8.00. The molecule has 0 saturated carbocycles. The number of nitrogens with zero attached hydrogens (tertiary/aromatic N) is 1. The summed E-state index contributed by atoms with van der Waals surface area (Å²) in [5.74, 6) is 0. The highest BCUT2D eigenvalue weighted by Crippen LogP contribution is 2.61. The van der Waals surface area contributed by atoms with Crippen molar-refractivity contribution in [3.63, 3.8) is 0 Å². The molecule has 1 aromatic heterocycles. The Hall–Kier alpha value is -1.07. The average molecular weight is 682 g/mol. The van der Waals surface area contributed by atoms with Gasteiger partial charge in [-0.05, 0) is 12.8 Å². The summed E-state index contributed by atoms with van der Waals surface area (Å²) in [6.45, 7) is -2.07. The minimum Gasteiger partial charge on any atom is -0.395 e. The summed E-state index contributed by atoms with van der Waals surface area (Å²) in [5.41, 5.74) is -1.55. The van der Waals surface area contributed by atoms with Crippen molar-refractivity contribution in [3.8, 4) is 0 Å². The molecule has 0 aliphatic carbocycles. The minimum atomic E-state index is -5.63. The van der Waals surface area contributed by atoms with E-state index >= 15 is 0 Å². The van der Waals surface area contributed by atoms with E-state index in [2.05, 4.69) is 18.3 Å². The molecule has 4 heterocycles. The second-order valence-electron chi connectivity index (χ2n) is 9.92. The molecular weight excluding hydrogens is 650 g/mol.